The van der Waals surface area contributed by atoms with Gasteiger partial charge in [-0.15, -0.1) is 0 Å². The molecule has 6 nitrogen and oxygen atoms in total. The highest BCUT2D eigenvalue weighted by molar-refractivity contribution is 8.15. The Labute approximate surface area is 296 Å². The molecule has 1 aliphatic rings. The topological polar surface area (TPSA) is 68.2 Å². The van der Waals surface area contributed by atoms with Gasteiger partial charge in [-0.3, -0.25) is 14.5 Å². The second-order valence-corrected chi connectivity index (χ2v) is 13.3. The van der Waals surface area contributed by atoms with Crippen LogP contribution in [0.3, 0.4) is 0 Å². The first-order valence-electron chi connectivity index (χ1n) is 16.6. The van der Waals surface area contributed by atoms with E-state index in [0.717, 1.165) is 50.7 Å². The normalized spacial score (nSPS) is 15.0. The molecule has 0 aromatic heterocycles. The molecule has 1 heterocycles. The van der Waals surface area contributed by atoms with E-state index >= 15 is 0 Å². The van der Waals surface area contributed by atoms with E-state index in [2.05, 4.69) is 29.4 Å². The van der Waals surface area contributed by atoms with Crippen LogP contribution in [0, 0.1) is 0 Å². The molecule has 7 heteroatoms. The van der Waals surface area contributed by atoms with Crippen molar-refractivity contribution < 1.29 is 19.2 Å². The van der Waals surface area contributed by atoms with E-state index in [1.165, 1.54) is 10.3 Å². The van der Waals surface area contributed by atoms with Gasteiger partial charge in [0.2, 0.25) is 5.91 Å². The lowest BCUT2D eigenvalue weighted by Crippen LogP contribution is -2.51. The van der Waals surface area contributed by atoms with Gasteiger partial charge in [-0.05, 0) is 70.1 Å². The lowest BCUT2D eigenvalue weighted by molar-refractivity contribution is -0.129. The van der Waals surface area contributed by atoms with E-state index in [-0.39, 0.29) is 11.1 Å². The minimum atomic E-state index is -1.13. The molecule has 1 unspecified atom stereocenters. The van der Waals surface area contributed by atoms with Gasteiger partial charge in [0.1, 0.15) is 17.9 Å². The number of amides is 2. The predicted octanol–water partition coefficient (Wildman–Crippen LogP) is 9.26. The van der Waals surface area contributed by atoms with E-state index in [1.807, 2.05) is 140 Å². The molecule has 0 radical (unpaired) electrons. The summed E-state index contributed by atoms with van der Waals surface area (Å²) in [5.74, 6) is 0.473. The number of carbonyl (C=O) groups excluding carboxylic acids is 2. The van der Waals surface area contributed by atoms with Crippen LogP contribution in [0.25, 0.3) is 10.8 Å². The monoisotopic (exact) mass is 676 g/mol. The smallest absolute Gasteiger partial charge is 0.290 e. The van der Waals surface area contributed by atoms with Gasteiger partial charge in [0.15, 0.2) is 6.61 Å². The predicted molar refractivity (Wildman–Crippen MR) is 201 cm³/mol. The van der Waals surface area contributed by atoms with E-state index in [0.29, 0.717) is 25.4 Å². The fraction of sp³-hybridized carbons (Fsp3) is 0.140. The van der Waals surface area contributed by atoms with Gasteiger partial charge in [-0.2, -0.15) is 0 Å². The lowest BCUT2D eigenvalue weighted by atomic mass is 9.75. The third kappa shape index (κ3) is 6.65. The molecule has 1 atom stereocenters. The Kier molecular flexibility index (Phi) is 9.76. The standard InChI is InChI=1S/C43H36N2O4S/c1-31(34-24-23-33-13-11-12-14-35(33)30-34)44-49-28-27-48-39-25-21-32(22-26-39)29-40-41(46)45(42(47)50-40)43(36-15-5-2-6-16-36,37-17-7-3-8-18-37)38-19-9-4-10-20-38/h2-26,30,40H,27-29H2,1H3. The molecule has 0 N–H and O–H groups in total. The molecule has 0 aliphatic carbocycles. The van der Waals surface area contributed by atoms with Crippen LogP contribution in [-0.4, -0.2) is 40.2 Å². The first kappa shape index (κ1) is 32.9. The van der Waals surface area contributed by atoms with E-state index in [1.54, 1.807) is 0 Å². The fourth-order valence-corrected chi connectivity index (χ4v) is 7.62. The lowest BCUT2D eigenvalue weighted by Gasteiger charge is -2.42. The number of oxime groups is 1. The Hall–Kier alpha value is -5.66. The Balaban J connectivity index is 1.02. The number of thioether (sulfide) groups is 1. The molecule has 2 amide bonds. The van der Waals surface area contributed by atoms with Crippen LogP contribution in [0.15, 0.2) is 163 Å². The second-order valence-electron chi connectivity index (χ2n) is 12.1. The highest BCUT2D eigenvalue weighted by Gasteiger charge is 2.53. The van der Waals surface area contributed by atoms with Crippen LogP contribution in [-0.2, 0) is 21.6 Å². The molecule has 0 spiro atoms. The Morgan fingerprint density at radius 1 is 0.680 bits per heavy atom. The van der Waals surface area contributed by atoms with Crippen LogP contribution in [0.4, 0.5) is 4.79 Å². The third-order valence-corrected chi connectivity index (χ3v) is 10.0. The zero-order valence-electron chi connectivity index (χ0n) is 27.6. The largest absolute Gasteiger partial charge is 0.490 e. The van der Waals surface area contributed by atoms with Crippen LogP contribution in [0.2, 0.25) is 0 Å². The first-order valence-corrected chi connectivity index (χ1v) is 17.5. The zero-order chi connectivity index (χ0) is 34.3. The molecule has 0 bridgehead atoms. The molecule has 1 aliphatic heterocycles. The summed E-state index contributed by atoms with van der Waals surface area (Å²) in [6.07, 6.45) is 0.409. The summed E-state index contributed by atoms with van der Waals surface area (Å²) in [4.78, 5) is 35.4. The van der Waals surface area contributed by atoms with Crippen LogP contribution >= 0.6 is 11.8 Å². The summed E-state index contributed by atoms with van der Waals surface area (Å²) >= 11 is 1.09. The fourth-order valence-electron chi connectivity index (χ4n) is 6.56. The Morgan fingerprint density at radius 2 is 1.24 bits per heavy atom. The average molecular weight is 677 g/mol. The maximum Gasteiger partial charge on any atom is 0.290 e. The van der Waals surface area contributed by atoms with Crippen molar-refractivity contribution in [1.29, 1.82) is 0 Å². The Morgan fingerprint density at radius 3 is 1.84 bits per heavy atom. The molecule has 7 rings (SSSR count). The second kappa shape index (κ2) is 14.8. The van der Waals surface area contributed by atoms with Crippen LogP contribution < -0.4 is 4.74 Å². The van der Waals surface area contributed by atoms with Gasteiger partial charge in [-0.1, -0.05) is 156 Å². The van der Waals surface area contributed by atoms with E-state index in [9.17, 15) is 9.59 Å². The molecule has 248 valence electrons. The van der Waals surface area contributed by atoms with Gasteiger partial charge in [0.05, 0.1) is 11.0 Å². The van der Waals surface area contributed by atoms with Gasteiger partial charge < -0.3 is 9.57 Å². The molecule has 50 heavy (non-hydrogen) atoms. The summed E-state index contributed by atoms with van der Waals surface area (Å²) < 4.78 is 5.89. The SMILES string of the molecule is CC(=NOCCOc1ccc(CC2SC(=O)N(C(c3ccccc3)(c3ccccc3)c3ccccc3)C2=O)cc1)c1ccc2ccccc2c1. The number of nitrogens with zero attached hydrogens (tertiary/aromatic N) is 2. The maximum atomic E-state index is 14.4. The first-order chi connectivity index (χ1) is 24.5. The highest BCUT2D eigenvalue weighted by atomic mass is 32.2. The van der Waals surface area contributed by atoms with Crippen molar-refractivity contribution in [2.24, 2.45) is 5.16 Å². The maximum absolute atomic E-state index is 14.4. The summed E-state index contributed by atoms with van der Waals surface area (Å²) in [6.45, 7) is 2.55. The third-order valence-electron chi connectivity index (χ3n) is 8.99. The molecular weight excluding hydrogens is 641 g/mol. The number of imide groups is 1. The van der Waals surface area contributed by atoms with Crippen molar-refractivity contribution in [1.82, 2.24) is 4.90 Å². The summed E-state index contributed by atoms with van der Waals surface area (Å²) in [6, 6.07) is 51.5. The van der Waals surface area contributed by atoms with Gasteiger partial charge in [0.25, 0.3) is 5.24 Å². The van der Waals surface area contributed by atoms with Crippen LogP contribution in [0.5, 0.6) is 5.75 Å². The summed E-state index contributed by atoms with van der Waals surface area (Å²) in [7, 11) is 0. The quantitative estimate of drug-likeness (QED) is 0.0560. The summed E-state index contributed by atoms with van der Waals surface area (Å²) in [5, 5.41) is 5.78. The minimum absolute atomic E-state index is 0.214. The van der Waals surface area contributed by atoms with Crippen molar-refractivity contribution in [3.63, 3.8) is 0 Å². The zero-order valence-corrected chi connectivity index (χ0v) is 28.5. The van der Waals surface area contributed by atoms with Crippen molar-refractivity contribution in [2.45, 2.75) is 24.1 Å². The summed E-state index contributed by atoms with van der Waals surface area (Å²) in [5.41, 5.74) is 4.16. The van der Waals surface area contributed by atoms with Crippen molar-refractivity contribution in [3.8, 4) is 5.75 Å². The van der Waals surface area contributed by atoms with Gasteiger partial charge in [-0.25, -0.2) is 0 Å². The number of benzene rings is 6. The number of carbonyl (C=O) groups is 2. The highest BCUT2D eigenvalue weighted by Crippen LogP contribution is 2.47. The minimum Gasteiger partial charge on any atom is -0.490 e. The van der Waals surface area contributed by atoms with Gasteiger partial charge >= 0.3 is 0 Å². The van der Waals surface area contributed by atoms with Crippen molar-refractivity contribution >= 4 is 39.4 Å². The van der Waals surface area contributed by atoms with Crippen LogP contribution in [0.1, 0.15) is 34.7 Å². The van der Waals surface area contributed by atoms with E-state index in [4.69, 9.17) is 9.57 Å². The molecule has 6 aromatic carbocycles. The molecule has 6 aromatic rings. The average Bonchev–Trinajstić information content (AvgIpc) is 3.45. The number of hydrogen-bond donors (Lipinski definition) is 0. The van der Waals surface area contributed by atoms with E-state index < -0.39 is 10.8 Å². The molecule has 1 saturated heterocycles. The number of fused-ring (bicyclic) bond motifs is 1. The van der Waals surface area contributed by atoms with Crippen molar-refractivity contribution in [2.75, 3.05) is 13.2 Å². The number of hydrogen-bond acceptors (Lipinski definition) is 6. The molecule has 0 saturated carbocycles. The Bertz CT molecular complexity index is 2020. The van der Waals surface area contributed by atoms with Crippen molar-refractivity contribution in [3.05, 3.63) is 186 Å². The molecule has 1 fully saturated rings. The number of ether oxygens (including phenoxy) is 1. The molecular formula is C43H36N2O4S. The number of rotatable bonds is 12. The van der Waals surface area contributed by atoms with Gasteiger partial charge in [0, 0.05) is 0 Å².